The first kappa shape index (κ1) is 24.6. The second-order valence-electron chi connectivity index (χ2n) is 7.81. The van der Waals surface area contributed by atoms with E-state index in [9.17, 15) is 9.59 Å². The fourth-order valence-electron chi connectivity index (χ4n) is 3.92. The Morgan fingerprint density at radius 1 is 1.14 bits per heavy atom. The second kappa shape index (κ2) is 10.8. The molecule has 1 N–H and O–H groups in total. The summed E-state index contributed by atoms with van der Waals surface area (Å²) in [5.41, 5.74) is 1.91. The molecule has 0 radical (unpaired) electrons. The standard InChI is InChI=1S/C25H25ClN2O7/c1-31-19-6-4-5-16(24(19)33-3)23-17-11-14(26)7-9-18(17)28-25(30)20(35-23)12-21-27-13-15(34-21)8-10-22(29)32-2/h4-7,9,11,13,20,23H,8,10,12H2,1-3H3,(H,28,30). The highest BCUT2D eigenvalue weighted by molar-refractivity contribution is 6.30. The average Bonchev–Trinajstić information content (AvgIpc) is 3.27. The lowest BCUT2D eigenvalue weighted by Crippen LogP contribution is -2.31. The maximum atomic E-state index is 13.1. The van der Waals surface area contributed by atoms with Crippen LogP contribution in [-0.2, 0) is 31.9 Å². The van der Waals surface area contributed by atoms with E-state index in [1.807, 2.05) is 12.1 Å². The summed E-state index contributed by atoms with van der Waals surface area (Å²) in [7, 11) is 4.42. The second-order valence-corrected chi connectivity index (χ2v) is 8.25. The van der Waals surface area contributed by atoms with Crippen molar-refractivity contribution in [3.8, 4) is 11.5 Å². The van der Waals surface area contributed by atoms with Crippen molar-refractivity contribution in [2.75, 3.05) is 26.6 Å². The van der Waals surface area contributed by atoms with Crippen LogP contribution in [0.4, 0.5) is 5.69 Å². The molecule has 1 aliphatic rings. The van der Waals surface area contributed by atoms with E-state index in [0.717, 1.165) is 0 Å². The van der Waals surface area contributed by atoms with Crippen LogP contribution in [0.3, 0.4) is 0 Å². The molecule has 184 valence electrons. The minimum absolute atomic E-state index is 0.0779. The predicted octanol–water partition coefficient (Wildman–Crippen LogP) is 4.12. The van der Waals surface area contributed by atoms with Crippen LogP contribution < -0.4 is 14.8 Å². The van der Waals surface area contributed by atoms with Crippen molar-refractivity contribution >= 4 is 29.2 Å². The van der Waals surface area contributed by atoms with E-state index in [1.165, 1.54) is 13.3 Å². The van der Waals surface area contributed by atoms with Gasteiger partial charge >= 0.3 is 5.97 Å². The first-order chi connectivity index (χ1) is 16.9. The Morgan fingerprint density at radius 2 is 1.97 bits per heavy atom. The highest BCUT2D eigenvalue weighted by Crippen LogP contribution is 2.43. The zero-order chi connectivity index (χ0) is 24.9. The van der Waals surface area contributed by atoms with E-state index in [1.54, 1.807) is 38.5 Å². The van der Waals surface area contributed by atoms with Gasteiger partial charge < -0.3 is 28.7 Å². The number of nitrogens with one attached hydrogen (secondary N) is 1. The third-order valence-corrected chi connectivity index (χ3v) is 5.86. The average molecular weight is 501 g/mol. The number of oxazole rings is 1. The number of rotatable bonds is 8. The summed E-state index contributed by atoms with van der Waals surface area (Å²) in [6.07, 6.45) is 0.476. The van der Waals surface area contributed by atoms with Crippen LogP contribution in [0, 0.1) is 0 Å². The number of anilines is 1. The first-order valence-corrected chi connectivity index (χ1v) is 11.3. The molecule has 10 heteroatoms. The zero-order valence-corrected chi connectivity index (χ0v) is 20.3. The highest BCUT2D eigenvalue weighted by atomic mass is 35.5. The lowest BCUT2D eigenvalue weighted by molar-refractivity contribution is -0.140. The van der Waals surface area contributed by atoms with Gasteiger partial charge in [0.2, 0.25) is 0 Å². The molecule has 2 unspecified atom stereocenters. The van der Waals surface area contributed by atoms with E-state index < -0.39 is 12.2 Å². The number of para-hydroxylation sites is 1. The van der Waals surface area contributed by atoms with Crippen molar-refractivity contribution < 1.29 is 33.0 Å². The highest BCUT2D eigenvalue weighted by Gasteiger charge is 2.35. The van der Waals surface area contributed by atoms with Gasteiger partial charge in [-0.15, -0.1) is 0 Å². The van der Waals surface area contributed by atoms with Crippen LogP contribution in [0.5, 0.6) is 11.5 Å². The van der Waals surface area contributed by atoms with Crippen LogP contribution in [0.25, 0.3) is 0 Å². The number of amides is 1. The first-order valence-electron chi connectivity index (χ1n) is 10.9. The van der Waals surface area contributed by atoms with Gasteiger partial charge in [0.25, 0.3) is 5.91 Å². The molecule has 4 rings (SSSR count). The smallest absolute Gasteiger partial charge is 0.305 e. The van der Waals surface area contributed by atoms with Gasteiger partial charge in [0, 0.05) is 28.3 Å². The van der Waals surface area contributed by atoms with Crippen LogP contribution in [0.1, 0.15) is 35.3 Å². The van der Waals surface area contributed by atoms with Crippen LogP contribution in [0.2, 0.25) is 5.02 Å². The number of methoxy groups -OCH3 is 3. The molecule has 1 aromatic heterocycles. The number of carbonyl (C=O) groups is 2. The van der Waals surface area contributed by atoms with Gasteiger partial charge in [0.05, 0.1) is 40.4 Å². The van der Waals surface area contributed by atoms with Crippen molar-refractivity contribution in [3.05, 3.63) is 70.4 Å². The van der Waals surface area contributed by atoms with Crippen LogP contribution in [-0.4, -0.2) is 44.3 Å². The van der Waals surface area contributed by atoms with Crippen molar-refractivity contribution in [1.82, 2.24) is 4.98 Å². The van der Waals surface area contributed by atoms with E-state index in [-0.39, 0.29) is 24.7 Å². The Bertz CT molecular complexity index is 1230. The molecule has 35 heavy (non-hydrogen) atoms. The number of benzene rings is 2. The van der Waals surface area contributed by atoms with Crippen molar-refractivity contribution in [2.45, 2.75) is 31.5 Å². The minimum atomic E-state index is -0.936. The summed E-state index contributed by atoms with van der Waals surface area (Å²) >= 11 is 6.30. The van der Waals surface area contributed by atoms with E-state index in [4.69, 9.17) is 30.2 Å². The van der Waals surface area contributed by atoms with Gasteiger partial charge in [-0.25, -0.2) is 4.98 Å². The summed E-state index contributed by atoms with van der Waals surface area (Å²) in [5.74, 6) is 1.14. The molecule has 1 aliphatic heterocycles. The summed E-state index contributed by atoms with van der Waals surface area (Å²) in [4.78, 5) is 28.8. The largest absolute Gasteiger partial charge is 0.493 e. The van der Waals surface area contributed by atoms with E-state index >= 15 is 0 Å². The van der Waals surface area contributed by atoms with Gasteiger partial charge in [-0.2, -0.15) is 0 Å². The Balaban J connectivity index is 1.67. The monoisotopic (exact) mass is 500 g/mol. The number of aryl methyl sites for hydroxylation is 1. The number of halogens is 1. The van der Waals surface area contributed by atoms with Crippen molar-refractivity contribution in [2.24, 2.45) is 0 Å². The molecule has 1 amide bonds. The number of ether oxygens (including phenoxy) is 4. The molecular formula is C25H25ClN2O7. The van der Waals surface area contributed by atoms with Crippen LogP contribution >= 0.6 is 11.6 Å². The van der Waals surface area contributed by atoms with Crippen molar-refractivity contribution in [3.63, 3.8) is 0 Å². The maximum Gasteiger partial charge on any atom is 0.305 e. The Morgan fingerprint density at radius 3 is 2.71 bits per heavy atom. The molecule has 0 spiro atoms. The summed E-state index contributed by atoms with van der Waals surface area (Å²) in [5, 5.41) is 3.41. The molecule has 9 nitrogen and oxygen atoms in total. The zero-order valence-electron chi connectivity index (χ0n) is 19.5. The number of nitrogens with zero attached hydrogens (tertiary/aromatic N) is 1. The number of hydrogen-bond acceptors (Lipinski definition) is 8. The molecule has 0 saturated carbocycles. The lowest BCUT2D eigenvalue weighted by Gasteiger charge is -2.24. The number of hydrogen-bond donors (Lipinski definition) is 1. The fraction of sp³-hybridized carbons (Fsp3) is 0.320. The van der Waals surface area contributed by atoms with E-state index in [2.05, 4.69) is 15.0 Å². The Hall–Kier alpha value is -3.56. The summed E-state index contributed by atoms with van der Waals surface area (Å²) in [6.45, 7) is 0. The van der Waals surface area contributed by atoms with Gasteiger partial charge in [-0.1, -0.05) is 23.7 Å². The third-order valence-electron chi connectivity index (χ3n) is 5.63. The van der Waals surface area contributed by atoms with Crippen LogP contribution in [0.15, 0.2) is 47.0 Å². The van der Waals surface area contributed by atoms with Gasteiger partial charge in [-0.3, -0.25) is 9.59 Å². The molecule has 0 saturated heterocycles. The molecule has 0 aliphatic carbocycles. The SMILES string of the molecule is COC(=O)CCc1cnc(CC2OC(c3cccc(OC)c3OC)c3cc(Cl)ccc3NC2=O)o1. The quantitative estimate of drug-likeness (QED) is 0.460. The third kappa shape index (κ3) is 5.41. The summed E-state index contributed by atoms with van der Waals surface area (Å²) in [6, 6.07) is 10.6. The molecule has 2 heterocycles. The van der Waals surface area contributed by atoms with Gasteiger partial charge in [-0.05, 0) is 24.3 Å². The maximum absolute atomic E-state index is 13.1. The Labute approximate surface area is 207 Å². The number of carbonyl (C=O) groups excluding carboxylic acids is 2. The molecule has 0 fully saturated rings. The Kier molecular flexibility index (Phi) is 7.57. The van der Waals surface area contributed by atoms with Gasteiger partial charge in [0.15, 0.2) is 17.4 Å². The molecular weight excluding hydrogens is 476 g/mol. The lowest BCUT2D eigenvalue weighted by atomic mass is 9.98. The summed E-state index contributed by atoms with van der Waals surface area (Å²) < 4.78 is 27.9. The molecule has 2 aromatic carbocycles. The topological polar surface area (TPSA) is 109 Å². The molecule has 3 aromatic rings. The number of aromatic nitrogens is 1. The fourth-order valence-corrected chi connectivity index (χ4v) is 4.10. The molecule has 0 bridgehead atoms. The minimum Gasteiger partial charge on any atom is -0.493 e. The molecule has 2 atom stereocenters. The van der Waals surface area contributed by atoms with Crippen molar-refractivity contribution in [1.29, 1.82) is 0 Å². The normalized spacial score (nSPS) is 17.2. The number of fused-ring (bicyclic) bond motifs is 1. The number of esters is 1. The van der Waals surface area contributed by atoms with E-state index in [0.29, 0.717) is 51.4 Å². The van der Waals surface area contributed by atoms with Gasteiger partial charge in [0.1, 0.15) is 18.0 Å². The predicted molar refractivity (Wildman–Crippen MR) is 127 cm³/mol.